The van der Waals surface area contributed by atoms with Gasteiger partial charge in [0.2, 0.25) is 5.91 Å². The molecule has 0 saturated carbocycles. The van der Waals surface area contributed by atoms with Crippen molar-refractivity contribution in [3.8, 4) is 0 Å². The topological polar surface area (TPSA) is 20.3 Å². The maximum atomic E-state index is 11.5. The molecule has 0 rings (SSSR count). The van der Waals surface area contributed by atoms with Crippen LogP contribution in [-0.2, 0) is 4.79 Å². The summed E-state index contributed by atoms with van der Waals surface area (Å²) in [5, 5.41) is 0. The van der Waals surface area contributed by atoms with Gasteiger partial charge in [0.05, 0.1) is 0 Å². The fourth-order valence-electron chi connectivity index (χ4n) is 0.878. The summed E-state index contributed by atoms with van der Waals surface area (Å²) in [6, 6.07) is 0. The maximum absolute atomic E-state index is 11.5. The van der Waals surface area contributed by atoms with Crippen LogP contribution in [0.1, 0.15) is 27.7 Å². The molecule has 0 atom stereocenters. The highest BCUT2D eigenvalue weighted by molar-refractivity contribution is 5.81. The third-order valence-corrected chi connectivity index (χ3v) is 1.58. The predicted octanol–water partition coefficient (Wildman–Crippen LogP) is 1.72. The molecule has 0 aromatic heterocycles. The number of amides is 1. The van der Waals surface area contributed by atoms with E-state index in [9.17, 15) is 4.79 Å². The van der Waals surface area contributed by atoms with Gasteiger partial charge in [0.15, 0.2) is 0 Å². The average molecular weight is 156 g/mol. The molecule has 0 aromatic rings. The first kappa shape index (κ1) is 10.5. The lowest BCUT2D eigenvalue weighted by Crippen LogP contribution is -2.39. The molecule has 0 saturated heterocycles. The zero-order valence-electron chi connectivity index (χ0n) is 7.98. The van der Waals surface area contributed by atoms with Crippen LogP contribution in [0, 0.1) is 12.3 Å². The van der Waals surface area contributed by atoms with Crippen molar-refractivity contribution < 1.29 is 4.79 Å². The van der Waals surface area contributed by atoms with Crippen molar-refractivity contribution in [1.29, 1.82) is 0 Å². The van der Waals surface area contributed by atoms with E-state index < -0.39 is 0 Å². The van der Waals surface area contributed by atoms with Gasteiger partial charge in [0.25, 0.3) is 0 Å². The van der Waals surface area contributed by atoms with Crippen LogP contribution in [0.3, 0.4) is 0 Å². The molecule has 2 heteroatoms. The van der Waals surface area contributed by atoms with Crippen molar-refractivity contribution >= 4 is 5.91 Å². The molecule has 1 radical (unpaired) electrons. The van der Waals surface area contributed by atoms with Gasteiger partial charge in [-0.1, -0.05) is 20.8 Å². The standard InChI is InChI=1S/C9H18NO/c1-6-10(7-2)8(11)9(3,4)5/h1,6-7H2,2-5H3. The van der Waals surface area contributed by atoms with E-state index in [1.54, 1.807) is 4.90 Å². The van der Waals surface area contributed by atoms with Crippen molar-refractivity contribution in [2.75, 3.05) is 13.1 Å². The molecular weight excluding hydrogens is 138 g/mol. The SMILES string of the molecule is [CH2]CN(CC)C(=O)C(C)(C)C. The van der Waals surface area contributed by atoms with Crippen LogP contribution in [-0.4, -0.2) is 23.9 Å². The molecular formula is C9H18NO. The molecule has 0 spiro atoms. The highest BCUT2D eigenvalue weighted by Gasteiger charge is 2.24. The van der Waals surface area contributed by atoms with Crippen LogP contribution in [0.25, 0.3) is 0 Å². The Hall–Kier alpha value is -0.530. The molecule has 0 unspecified atom stereocenters. The Labute approximate surface area is 69.6 Å². The molecule has 2 nitrogen and oxygen atoms in total. The summed E-state index contributed by atoms with van der Waals surface area (Å²) in [5.74, 6) is 0.176. The molecule has 1 amide bonds. The first-order valence-electron chi connectivity index (χ1n) is 4.02. The van der Waals surface area contributed by atoms with Gasteiger partial charge < -0.3 is 4.90 Å². The molecule has 0 bridgehead atoms. The first-order valence-corrected chi connectivity index (χ1v) is 4.02. The zero-order valence-corrected chi connectivity index (χ0v) is 7.98. The number of carbonyl (C=O) groups excluding carboxylic acids is 1. The number of hydrogen-bond acceptors (Lipinski definition) is 1. The monoisotopic (exact) mass is 156 g/mol. The average Bonchev–Trinajstić information content (AvgIpc) is 1.88. The van der Waals surface area contributed by atoms with Gasteiger partial charge in [-0.15, -0.1) is 0 Å². The fourth-order valence-corrected chi connectivity index (χ4v) is 0.878. The lowest BCUT2D eigenvalue weighted by molar-refractivity contribution is -0.138. The number of carbonyl (C=O) groups is 1. The lowest BCUT2D eigenvalue weighted by atomic mass is 9.95. The molecule has 0 fully saturated rings. The molecule has 0 N–H and O–H groups in total. The lowest BCUT2D eigenvalue weighted by Gasteiger charge is -2.27. The summed E-state index contributed by atoms with van der Waals surface area (Å²) in [6.45, 7) is 12.7. The summed E-state index contributed by atoms with van der Waals surface area (Å²) in [6.07, 6.45) is 0. The Morgan fingerprint density at radius 3 is 2.00 bits per heavy atom. The maximum Gasteiger partial charge on any atom is 0.227 e. The van der Waals surface area contributed by atoms with Gasteiger partial charge in [-0.3, -0.25) is 4.79 Å². The Morgan fingerprint density at radius 2 is 1.91 bits per heavy atom. The summed E-state index contributed by atoms with van der Waals surface area (Å²) < 4.78 is 0. The minimum absolute atomic E-state index is 0.176. The van der Waals surface area contributed by atoms with E-state index in [4.69, 9.17) is 0 Å². The molecule has 0 aliphatic carbocycles. The number of nitrogens with zero attached hydrogens (tertiary/aromatic N) is 1. The predicted molar refractivity (Wildman–Crippen MR) is 47.1 cm³/mol. The normalized spacial score (nSPS) is 11.4. The minimum Gasteiger partial charge on any atom is -0.343 e. The van der Waals surface area contributed by atoms with Crippen molar-refractivity contribution in [3.05, 3.63) is 6.92 Å². The van der Waals surface area contributed by atoms with E-state index in [-0.39, 0.29) is 11.3 Å². The first-order chi connectivity index (χ1) is 4.93. The molecule has 0 aliphatic heterocycles. The highest BCUT2D eigenvalue weighted by atomic mass is 16.2. The summed E-state index contributed by atoms with van der Waals surface area (Å²) >= 11 is 0. The van der Waals surface area contributed by atoms with Gasteiger partial charge in [-0.2, -0.15) is 0 Å². The Balaban J connectivity index is 4.22. The molecule has 0 aromatic carbocycles. The largest absolute Gasteiger partial charge is 0.343 e. The van der Waals surface area contributed by atoms with E-state index in [0.29, 0.717) is 6.54 Å². The van der Waals surface area contributed by atoms with Crippen molar-refractivity contribution in [3.63, 3.8) is 0 Å². The van der Waals surface area contributed by atoms with Gasteiger partial charge in [0.1, 0.15) is 0 Å². The Kier molecular flexibility index (Phi) is 3.56. The van der Waals surface area contributed by atoms with Gasteiger partial charge in [0, 0.05) is 18.5 Å². The smallest absolute Gasteiger partial charge is 0.227 e. The molecule has 65 valence electrons. The zero-order chi connectivity index (χ0) is 9.07. The molecule has 11 heavy (non-hydrogen) atoms. The van der Waals surface area contributed by atoms with Crippen LogP contribution < -0.4 is 0 Å². The summed E-state index contributed by atoms with van der Waals surface area (Å²) in [5.41, 5.74) is -0.270. The van der Waals surface area contributed by atoms with Crippen molar-refractivity contribution in [2.24, 2.45) is 5.41 Å². The third-order valence-electron chi connectivity index (χ3n) is 1.58. The van der Waals surface area contributed by atoms with Crippen LogP contribution >= 0.6 is 0 Å². The van der Waals surface area contributed by atoms with Crippen LogP contribution in [0.5, 0.6) is 0 Å². The van der Waals surface area contributed by atoms with E-state index in [2.05, 4.69) is 6.92 Å². The second-order valence-electron chi connectivity index (χ2n) is 3.63. The fraction of sp³-hybridized carbons (Fsp3) is 0.778. The van der Waals surface area contributed by atoms with Crippen molar-refractivity contribution in [2.45, 2.75) is 27.7 Å². The van der Waals surface area contributed by atoms with E-state index in [1.165, 1.54) is 0 Å². The van der Waals surface area contributed by atoms with E-state index in [1.807, 2.05) is 27.7 Å². The van der Waals surface area contributed by atoms with Crippen LogP contribution in [0.2, 0.25) is 0 Å². The quantitative estimate of drug-likeness (QED) is 0.596. The molecule has 0 heterocycles. The summed E-state index contributed by atoms with van der Waals surface area (Å²) in [7, 11) is 0. The molecule has 0 aliphatic rings. The van der Waals surface area contributed by atoms with Crippen LogP contribution in [0.15, 0.2) is 0 Å². The summed E-state index contributed by atoms with van der Waals surface area (Å²) in [4.78, 5) is 13.3. The third kappa shape index (κ3) is 2.91. The van der Waals surface area contributed by atoms with Gasteiger partial charge >= 0.3 is 0 Å². The second-order valence-corrected chi connectivity index (χ2v) is 3.63. The van der Waals surface area contributed by atoms with Gasteiger partial charge in [-0.05, 0) is 13.8 Å². The second kappa shape index (κ2) is 3.74. The minimum atomic E-state index is -0.270. The number of rotatable bonds is 2. The highest BCUT2D eigenvalue weighted by Crippen LogP contribution is 2.16. The Bertz CT molecular complexity index is 131. The van der Waals surface area contributed by atoms with Crippen molar-refractivity contribution in [1.82, 2.24) is 4.90 Å². The number of hydrogen-bond donors (Lipinski definition) is 0. The van der Waals surface area contributed by atoms with Crippen LogP contribution in [0.4, 0.5) is 0 Å². The van der Waals surface area contributed by atoms with E-state index >= 15 is 0 Å². The van der Waals surface area contributed by atoms with Gasteiger partial charge in [-0.25, -0.2) is 0 Å². The Morgan fingerprint density at radius 1 is 1.45 bits per heavy atom. The van der Waals surface area contributed by atoms with E-state index in [0.717, 1.165) is 6.54 Å².